The molecule has 0 radical (unpaired) electrons. The van der Waals surface area contributed by atoms with Crippen LogP contribution in [0.3, 0.4) is 0 Å². The van der Waals surface area contributed by atoms with Gasteiger partial charge in [0.2, 0.25) is 0 Å². The molecule has 2 N–H and O–H groups in total. The average Bonchev–Trinajstić information content (AvgIpc) is 2.83. The first kappa shape index (κ1) is 25.2. The number of urea groups is 1. The van der Waals surface area contributed by atoms with E-state index >= 15 is 0 Å². The topological polar surface area (TPSA) is 70.7 Å². The van der Waals surface area contributed by atoms with E-state index in [4.69, 9.17) is 4.74 Å². The van der Waals surface area contributed by atoms with Crippen LogP contribution in [-0.2, 0) is 16.0 Å². The van der Waals surface area contributed by atoms with Crippen LogP contribution in [0.5, 0.6) is 0 Å². The fourth-order valence-electron chi connectivity index (χ4n) is 3.44. The average molecular weight is 440 g/mol. The summed E-state index contributed by atoms with van der Waals surface area (Å²) in [6, 6.07) is 14.1. The Balaban J connectivity index is 2.22. The van der Waals surface area contributed by atoms with Crippen LogP contribution < -0.4 is 15.5 Å². The first-order valence-electron chi connectivity index (χ1n) is 11.6. The molecule has 0 aromatic heterocycles. The third kappa shape index (κ3) is 7.59. The van der Waals surface area contributed by atoms with Gasteiger partial charge in [-0.15, -0.1) is 0 Å². The van der Waals surface area contributed by atoms with Crippen molar-refractivity contribution in [2.24, 2.45) is 0 Å². The van der Waals surface area contributed by atoms with Crippen LogP contribution in [-0.4, -0.2) is 39.2 Å². The number of esters is 1. The molecule has 2 aromatic carbocycles. The van der Waals surface area contributed by atoms with Gasteiger partial charge in [-0.05, 0) is 48.6 Å². The van der Waals surface area contributed by atoms with Gasteiger partial charge in [0.05, 0.1) is 7.11 Å². The number of carbonyl (C=O) groups is 2. The van der Waals surface area contributed by atoms with E-state index in [1.807, 2.05) is 24.3 Å². The molecule has 2 rings (SSSR count). The summed E-state index contributed by atoms with van der Waals surface area (Å²) in [5, 5.41) is 6.49. The first-order valence-corrected chi connectivity index (χ1v) is 11.6. The van der Waals surface area contributed by atoms with Gasteiger partial charge in [0.1, 0.15) is 0 Å². The summed E-state index contributed by atoms with van der Waals surface area (Å²) < 4.78 is 4.76. The molecule has 174 valence electrons. The molecule has 0 saturated heterocycles. The van der Waals surface area contributed by atoms with Crippen molar-refractivity contribution in [3.05, 3.63) is 48.0 Å². The number of nitrogens with one attached hydrogen (secondary N) is 2. The molecule has 0 heterocycles. The largest absolute Gasteiger partial charge is 0.469 e. The summed E-state index contributed by atoms with van der Waals surface area (Å²) in [6.07, 6.45) is 5.23. The lowest BCUT2D eigenvalue weighted by Gasteiger charge is -2.20. The quantitative estimate of drug-likeness (QED) is 0.333. The minimum Gasteiger partial charge on any atom is -0.469 e. The molecule has 2 aromatic rings. The van der Waals surface area contributed by atoms with Crippen LogP contribution >= 0.6 is 0 Å². The van der Waals surface area contributed by atoms with Gasteiger partial charge in [-0.2, -0.15) is 0 Å². The number of methoxy groups -OCH3 is 1. The van der Waals surface area contributed by atoms with E-state index in [0.29, 0.717) is 19.4 Å². The zero-order chi connectivity index (χ0) is 23.3. The van der Waals surface area contributed by atoms with Gasteiger partial charge in [-0.3, -0.25) is 9.69 Å². The zero-order valence-electron chi connectivity index (χ0n) is 19.9. The number of unbranched alkanes of at least 4 members (excludes halogenated alkanes) is 2. The summed E-state index contributed by atoms with van der Waals surface area (Å²) in [7, 11) is 3.20. The van der Waals surface area contributed by atoms with E-state index in [1.54, 1.807) is 11.9 Å². The predicted octanol–water partition coefficient (Wildman–Crippen LogP) is 5.62. The van der Waals surface area contributed by atoms with Gasteiger partial charge in [-0.25, -0.2) is 4.79 Å². The SMILES string of the molecule is CCCCCNC(=O)N(C)c1cccc(-c2ccc(CCC(=O)OC)cc2NCCC)c1. The van der Waals surface area contributed by atoms with E-state index in [1.165, 1.54) is 7.11 Å². The molecule has 6 nitrogen and oxygen atoms in total. The molecule has 0 spiro atoms. The highest BCUT2D eigenvalue weighted by molar-refractivity contribution is 5.92. The number of anilines is 2. The maximum absolute atomic E-state index is 12.5. The van der Waals surface area contributed by atoms with Crippen molar-refractivity contribution in [2.75, 3.05) is 37.5 Å². The fraction of sp³-hybridized carbons (Fsp3) is 0.462. The molecule has 32 heavy (non-hydrogen) atoms. The standard InChI is InChI=1S/C26H37N3O3/c1-5-7-8-17-28-26(31)29(3)22-11-9-10-21(19-22)23-14-12-20(13-15-25(30)32-4)18-24(23)27-16-6-2/h9-12,14,18-19,27H,5-8,13,15-17H2,1-4H3,(H,28,31). The Morgan fingerprint density at radius 3 is 2.53 bits per heavy atom. The van der Waals surface area contributed by atoms with Crippen molar-refractivity contribution < 1.29 is 14.3 Å². The minimum absolute atomic E-state index is 0.0965. The maximum atomic E-state index is 12.5. The number of amides is 2. The summed E-state index contributed by atoms with van der Waals surface area (Å²) in [5.74, 6) is -0.208. The Labute approximate surface area is 192 Å². The Morgan fingerprint density at radius 2 is 1.81 bits per heavy atom. The summed E-state index contributed by atoms with van der Waals surface area (Å²) in [4.78, 5) is 25.7. The lowest BCUT2D eigenvalue weighted by molar-refractivity contribution is -0.140. The van der Waals surface area contributed by atoms with Crippen molar-refractivity contribution in [1.29, 1.82) is 0 Å². The molecule has 2 amide bonds. The van der Waals surface area contributed by atoms with Crippen molar-refractivity contribution in [2.45, 2.75) is 52.4 Å². The van der Waals surface area contributed by atoms with E-state index in [-0.39, 0.29) is 12.0 Å². The van der Waals surface area contributed by atoms with Crippen LogP contribution in [0.4, 0.5) is 16.2 Å². The van der Waals surface area contributed by atoms with Gasteiger partial charge in [-0.1, -0.05) is 51.0 Å². The van der Waals surface area contributed by atoms with Gasteiger partial charge in [0, 0.05) is 43.5 Å². The van der Waals surface area contributed by atoms with Gasteiger partial charge >= 0.3 is 12.0 Å². The first-order chi connectivity index (χ1) is 15.5. The van der Waals surface area contributed by atoms with Crippen LogP contribution in [0.2, 0.25) is 0 Å². The number of rotatable bonds is 12. The number of ether oxygens (including phenoxy) is 1. The van der Waals surface area contributed by atoms with E-state index < -0.39 is 0 Å². The summed E-state index contributed by atoms with van der Waals surface area (Å²) in [6.45, 7) is 5.82. The maximum Gasteiger partial charge on any atom is 0.321 e. The Hall–Kier alpha value is -3.02. The van der Waals surface area contributed by atoms with E-state index in [9.17, 15) is 9.59 Å². The predicted molar refractivity (Wildman–Crippen MR) is 132 cm³/mol. The van der Waals surface area contributed by atoms with Crippen LogP contribution in [0.15, 0.2) is 42.5 Å². The third-order valence-corrected chi connectivity index (χ3v) is 5.40. The molecule has 0 saturated carbocycles. The highest BCUT2D eigenvalue weighted by atomic mass is 16.5. The zero-order valence-corrected chi connectivity index (χ0v) is 19.9. The minimum atomic E-state index is -0.208. The van der Waals surface area contributed by atoms with Gasteiger partial charge in [0.15, 0.2) is 0 Å². The fourth-order valence-corrected chi connectivity index (χ4v) is 3.44. The Bertz CT molecular complexity index is 882. The number of carbonyl (C=O) groups excluding carboxylic acids is 2. The van der Waals surface area contributed by atoms with Crippen molar-refractivity contribution in [3.8, 4) is 11.1 Å². The van der Waals surface area contributed by atoms with Crippen LogP contribution in [0.25, 0.3) is 11.1 Å². The van der Waals surface area contributed by atoms with Crippen molar-refractivity contribution >= 4 is 23.4 Å². The molecular formula is C26H37N3O3. The number of aryl methyl sites for hydroxylation is 1. The molecule has 0 unspecified atom stereocenters. The van der Waals surface area contributed by atoms with Crippen LogP contribution in [0.1, 0.15) is 51.5 Å². The van der Waals surface area contributed by atoms with Gasteiger partial charge < -0.3 is 15.4 Å². The lowest BCUT2D eigenvalue weighted by atomic mass is 9.99. The smallest absolute Gasteiger partial charge is 0.321 e. The molecule has 0 atom stereocenters. The van der Waals surface area contributed by atoms with Crippen molar-refractivity contribution in [3.63, 3.8) is 0 Å². The molecule has 0 fully saturated rings. The Morgan fingerprint density at radius 1 is 1.00 bits per heavy atom. The second-order valence-electron chi connectivity index (χ2n) is 7.93. The molecule has 0 bridgehead atoms. The highest BCUT2D eigenvalue weighted by Crippen LogP contribution is 2.32. The monoisotopic (exact) mass is 439 g/mol. The second-order valence-corrected chi connectivity index (χ2v) is 7.93. The van der Waals surface area contributed by atoms with E-state index in [0.717, 1.165) is 60.3 Å². The summed E-state index contributed by atoms with van der Waals surface area (Å²) >= 11 is 0. The molecule has 6 heteroatoms. The number of hydrogen-bond acceptors (Lipinski definition) is 4. The lowest BCUT2D eigenvalue weighted by Crippen LogP contribution is -2.37. The van der Waals surface area contributed by atoms with Gasteiger partial charge in [0.25, 0.3) is 0 Å². The number of nitrogens with zero attached hydrogens (tertiary/aromatic N) is 1. The van der Waals surface area contributed by atoms with E-state index in [2.05, 4.69) is 42.7 Å². The van der Waals surface area contributed by atoms with Crippen LogP contribution in [0, 0.1) is 0 Å². The molecular weight excluding hydrogens is 402 g/mol. The second kappa shape index (κ2) is 13.4. The normalized spacial score (nSPS) is 10.5. The molecule has 0 aliphatic heterocycles. The number of benzene rings is 2. The third-order valence-electron chi connectivity index (χ3n) is 5.40. The molecule has 0 aliphatic rings. The van der Waals surface area contributed by atoms with Crippen molar-refractivity contribution in [1.82, 2.24) is 5.32 Å². The Kier molecular flexibility index (Phi) is 10.6. The highest BCUT2D eigenvalue weighted by Gasteiger charge is 2.13. The molecule has 0 aliphatic carbocycles. The number of hydrogen-bond donors (Lipinski definition) is 2. The summed E-state index contributed by atoms with van der Waals surface area (Å²) in [5.41, 5.74) is 5.05.